The number of hydrogen-bond acceptors (Lipinski definition) is 5. The second kappa shape index (κ2) is 5.46. The number of aliphatic hydroxyl groups is 1. The number of carbonyl (C=O) groups is 1. The molecule has 2 atom stereocenters. The third kappa shape index (κ3) is 2.95. The summed E-state index contributed by atoms with van der Waals surface area (Å²) in [4.78, 5) is 21.1. The van der Waals surface area contributed by atoms with E-state index in [0.717, 1.165) is 6.07 Å². The van der Waals surface area contributed by atoms with Crippen molar-refractivity contribution in [3.05, 3.63) is 33.9 Å². The van der Waals surface area contributed by atoms with Crippen molar-refractivity contribution in [2.24, 2.45) is 0 Å². The Balaban J connectivity index is 3.27. The first-order chi connectivity index (χ1) is 8.34. The van der Waals surface area contributed by atoms with Crippen molar-refractivity contribution in [2.75, 3.05) is 0 Å². The number of aromatic carboxylic acids is 1. The number of carboxylic acid groups (broad SMARTS) is 1. The summed E-state index contributed by atoms with van der Waals surface area (Å²) in [6.45, 7) is 2.94. The molecule has 18 heavy (non-hydrogen) atoms. The van der Waals surface area contributed by atoms with Crippen molar-refractivity contribution in [1.82, 2.24) is 0 Å². The fourth-order valence-electron chi connectivity index (χ4n) is 1.25. The summed E-state index contributed by atoms with van der Waals surface area (Å²) in [6.07, 6.45) is -1.64. The standard InChI is InChI=1S/C11H13NO6/c1-6(13)7(2)18-10-8(11(14)15)4-3-5-9(10)12(16)17/h3-7,13H,1-2H3,(H,14,15). The lowest BCUT2D eigenvalue weighted by atomic mass is 10.1. The number of para-hydroxylation sites is 1. The van der Waals surface area contributed by atoms with Gasteiger partial charge in [0.2, 0.25) is 5.75 Å². The maximum absolute atomic E-state index is 11.0. The van der Waals surface area contributed by atoms with Crippen molar-refractivity contribution in [1.29, 1.82) is 0 Å². The van der Waals surface area contributed by atoms with Crippen LogP contribution >= 0.6 is 0 Å². The molecule has 0 bridgehead atoms. The van der Waals surface area contributed by atoms with Gasteiger partial charge in [-0.25, -0.2) is 4.79 Å². The van der Waals surface area contributed by atoms with Gasteiger partial charge in [0.25, 0.3) is 0 Å². The van der Waals surface area contributed by atoms with E-state index >= 15 is 0 Å². The SMILES string of the molecule is CC(O)C(C)Oc1c(C(=O)O)cccc1[N+](=O)[O-]. The smallest absolute Gasteiger partial charge is 0.339 e. The van der Waals surface area contributed by atoms with E-state index in [1.807, 2.05) is 0 Å². The average Bonchev–Trinajstić information content (AvgIpc) is 2.28. The Morgan fingerprint density at radius 1 is 1.44 bits per heavy atom. The largest absolute Gasteiger partial charge is 0.480 e. The molecule has 0 aliphatic carbocycles. The molecule has 0 aliphatic rings. The van der Waals surface area contributed by atoms with Crippen LogP contribution in [0.25, 0.3) is 0 Å². The summed E-state index contributed by atoms with van der Waals surface area (Å²) in [5.41, 5.74) is -0.751. The van der Waals surface area contributed by atoms with Gasteiger partial charge < -0.3 is 14.9 Å². The van der Waals surface area contributed by atoms with Crippen molar-refractivity contribution in [3.63, 3.8) is 0 Å². The zero-order valence-corrected chi connectivity index (χ0v) is 9.86. The van der Waals surface area contributed by atoms with E-state index in [4.69, 9.17) is 9.84 Å². The van der Waals surface area contributed by atoms with Gasteiger partial charge in [-0.3, -0.25) is 10.1 Å². The Labute approximate surface area is 103 Å². The summed E-state index contributed by atoms with van der Waals surface area (Å²) in [7, 11) is 0. The maximum atomic E-state index is 11.0. The third-order valence-electron chi connectivity index (χ3n) is 2.40. The van der Waals surface area contributed by atoms with Crippen LogP contribution in [0.3, 0.4) is 0 Å². The number of benzene rings is 1. The van der Waals surface area contributed by atoms with Crippen molar-refractivity contribution in [3.8, 4) is 5.75 Å². The Bertz CT molecular complexity index is 438. The van der Waals surface area contributed by atoms with Crippen molar-refractivity contribution >= 4 is 11.7 Å². The second-order valence-corrected chi connectivity index (χ2v) is 3.78. The van der Waals surface area contributed by atoms with Crippen LogP contribution in [0.15, 0.2) is 18.2 Å². The van der Waals surface area contributed by atoms with Gasteiger partial charge in [-0.05, 0) is 19.9 Å². The van der Waals surface area contributed by atoms with Gasteiger partial charge in [0.1, 0.15) is 11.7 Å². The minimum atomic E-state index is -1.33. The van der Waals surface area contributed by atoms with Crippen LogP contribution in [-0.2, 0) is 0 Å². The predicted molar refractivity (Wildman–Crippen MR) is 61.8 cm³/mol. The highest BCUT2D eigenvalue weighted by Crippen LogP contribution is 2.32. The third-order valence-corrected chi connectivity index (χ3v) is 2.40. The van der Waals surface area contributed by atoms with E-state index in [9.17, 15) is 20.0 Å². The second-order valence-electron chi connectivity index (χ2n) is 3.78. The zero-order valence-electron chi connectivity index (χ0n) is 9.86. The minimum Gasteiger partial charge on any atom is -0.480 e. The molecule has 2 N–H and O–H groups in total. The quantitative estimate of drug-likeness (QED) is 0.608. The first kappa shape index (κ1) is 13.9. The fraction of sp³-hybridized carbons (Fsp3) is 0.364. The molecule has 7 heteroatoms. The highest BCUT2D eigenvalue weighted by molar-refractivity contribution is 5.92. The number of nitro groups is 1. The highest BCUT2D eigenvalue weighted by Gasteiger charge is 2.25. The number of rotatable bonds is 5. The molecule has 0 aromatic heterocycles. The molecule has 7 nitrogen and oxygen atoms in total. The summed E-state index contributed by atoms with van der Waals surface area (Å²) in [6, 6.07) is 3.62. The van der Waals surface area contributed by atoms with Crippen LogP contribution in [0, 0.1) is 10.1 Å². The molecular formula is C11H13NO6. The lowest BCUT2D eigenvalue weighted by Crippen LogP contribution is -2.26. The average molecular weight is 255 g/mol. The van der Waals surface area contributed by atoms with Crippen LogP contribution in [0.4, 0.5) is 5.69 Å². The Hall–Kier alpha value is -2.15. The summed E-state index contributed by atoms with van der Waals surface area (Å²) >= 11 is 0. The minimum absolute atomic E-state index is 0.309. The maximum Gasteiger partial charge on any atom is 0.339 e. The monoisotopic (exact) mass is 255 g/mol. The molecule has 0 aliphatic heterocycles. The van der Waals surface area contributed by atoms with Crippen LogP contribution in [0.5, 0.6) is 5.75 Å². The van der Waals surface area contributed by atoms with Crippen LogP contribution in [-0.4, -0.2) is 33.3 Å². The van der Waals surface area contributed by atoms with Gasteiger partial charge in [0.15, 0.2) is 0 Å². The molecule has 1 aromatic carbocycles. The van der Waals surface area contributed by atoms with E-state index in [-0.39, 0.29) is 11.3 Å². The number of aliphatic hydroxyl groups excluding tert-OH is 1. The van der Waals surface area contributed by atoms with Crippen LogP contribution in [0.1, 0.15) is 24.2 Å². The Morgan fingerprint density at radius 3 is 2.50 bits per heavy atom. The van der Waals surface area contributed by atoms with E-state index < -0.39 is 28.8 Å². The number of nitro benzene ring substituents is 1. The molecule has 2 unspecified atom stereocenters. The van der Waals surface area contributed by atoms with E-state index in [1.165, 1.54) is 26.0 Å². The van der Waals surface area contributed by atoms with Crippen molar-refractivity contribution < 1.29 is 24.7 Å². The summed E-state index contributed by atoms with van der Waals surface area (Å²) < 4.78 is 5.19. The van der Waals surface area contributed by atoms with Gasteiger partial charge in [-0.1, -0.05) is 6.07 Å². The Kier molecular flexibility index (Phi) is 4.22. The lowest BCUT2D eigenvalue weighted by molar-refractivity contribution is -0.386. The summed E-state index contributed by atoms with van der Waals surface area (Å²) in [5.74, 6) is -1.67. The van der Waals surface area contributed by atoms with Crippen molar-refractivity contribution in [2.45, 2.75) is 26.1 Å². The van der Waals surface area contributed by atoms with Gasteiger partial charge in [0.05, 0.1) is 11.0 Å². The normalized spacial score (nSPS) is 13.7. The topological polar surface area (TPSA) is 110 Å². The molecule has 0 heterocycles. The van der Waals surface area contributed by atoms with Crippen LogP contribution < -0.4 is 4.74 Å². The van der Waals surface area contributed by atoms with E-state index in [1.54, 1.807) is 0 Å². The molecule has 0 spiro atoms. The Morgan fingerprint density at radius 2 is 2.06 bits per heavy atom. The number of nitrogens with zero attached hydrogens (tertiary/aromatic N) is 1. The molecule has 0 fully saturated rings. The molecule has 0 amide bonds. The van der Waals surface area contributed by atoms with Gasteiger partial charge in [-0.15, -0.1) is 0 Å². The van der Waals surface area contributed by atoms with Crippen LogP contribution in [0.2, 0.25) is 0 Å². The first-order valence-corrected chi connectivity index (χ1v) is 5.20. The zero-order chi connectivity index (χ0) is 13.9. The fourth-order valence-corrected chi connectivity index (χ4v) is 1.25. The molecule has 0 saturated carbocycles. The van der Waals surface area contributed by atoms with Gasteiger partial charge in [0, 0.05) is 6.07 Å². The predicted octanol–water partition coefficient (Wildman–Crippen LogP) is 1.44. The lowest BCUT2D eigenvalue weighted by Gasteiger charge is -2.18. The van der Waals surface area contributed by atoms with E-state index in [2.05, 4.69) is 0 Å². The molecule has 98 valence electrons. The van der Waals surface area contributed by atoms with Gasteiger partial charge >= 0.3 is 11.7 Å². The molecule has 1 aromatic rings. The molecule has 1 rings (SSSR count). The van der Waals surface area contributed by atoms with Gasteiger partial charge in [-0.2, -0.15) is 0 Å². The molecule has 0 radical (unpaired) electrons. The number of hydrogen-bond donors (Lipinski definition) is 2. The summed E-state index contributed by atoms with van der Waals surface area (Å²) in [5, 5.41) is 29.1. The van der Waals surface area contributed by atoms with E-state index in [0.29, 0.717) is 0 Å². The number of ether oxygens (including phenoxy) is 1. The molecular weight excluding hydrogens is 242 g/mol. The highest BCUT2D eigenvalue weighted by atomic mass is 16.6. The first-order valence-electron chi connectivity index (χ1n) is 5.20. The molecule has 0 saturated heterocycles. The number of carboxylic acids is 1.